The van der Waals surface area contributed by atoms with E-state index in [1.807, 2.05) is 27.7 Å². The van der Waals surface area contributed by atoms with Crippen molar-refractivity contribution in [1.29, 1.82) is 0 Å². The summed E-state index contributed by atoms with van der Waals surface area (Å²) in [5, 5.41) is 9.11. The van der Waals surface area contributed by atoms with Gasteiger partial charge in [0.05, 0.1) is 0 Å². The number of amides is 1. The molecule has 6 heteroatoms. The molecule has 0 saturated heterocycles. The molecule has 0 fully saturated rings. The Kier molecular flexibility index (Phi) is 11.4. The maximum atomic E-state index is 11.6. The van der Waals surface area contributed by atoms with Crippen molar-refractivity contribution in [3.63, 3.8) is 0 Å². The van der Waals surface area contributed by atoms with E-state index in [1.165, 1.54) is 0 Å². The van der Waals surface area contributed by atoms with Crippen LogP contribution in [0.2, 0.25) is 0 Å². The van der Waals surface area contributed by atoms with Crippen molar-refractivity contribution in [3.8, 4) is 0 Å². The summed E-state index contributed by atoms with van der Waals surface area (Å²) in [4.78, 5) is 15.8. The second-order valence-electron chi connectivity index (χ2n) is 4.92. The van der Waals surface area contributed by atoms with E-state index in [1.54, 1.807) is 0 Å². The summed E-state index contributed by atoms with van der Waals surface area (Å²) in [6.45, 7) is 11.7. The fourth-order valence-electron chi connectivity index (χ4n) is 1.19. The molecule has 0 aliphatic heterocycles. The van der Waals surface area contributed by atoms with Crippen LogP contribution in [0.3, 0.4) is 0 Å². The lowest BCUT2D eigenvalue weighted by atomic mass is 10.1. The van der Waals surface area contributed by atoms with Crippen LogP contribution < -0.4 is 16.0 Å². The third kappa shape index (κ3) is 11.9. The molecule has 0 atom stereocenters. The van der Waals surface area contributed by atoms with Gasteiger partial charge in [-0.1, -0.05) is 6.92 Å². The highest BCUT2D eigenvalue weighted by Gasteiger charge is 2.12. The molecule has 0 aliphatic rings. The SMILES string of the molecule is CCCNC(=NCC(=O)NC(C)(C)C)NCC.I. The van der Waals surface area contributed by atoms with Crippen molar-refractivity contribution in [2.75, 3.05) is 19.6 Å². The first-order valence-corrected chi connectivity index (χ1v) is 6.22. The molecule has 0 aliphatic carbocycles. The number of carbonyl (C=O) groups is 1. The van der Waals surface area contributed by atoms with E-state index in [9.17, 15) is 4.79 Å². The van der Waals surface area contributed by atoms with E-state index in [4.69, 9.17) is 0 Å². The van der Waals surface area contributed by atoms with Crippen LogP contribution in [-0.4, -0.2) is 37.0 Å². The molecular weight excluding hydrogens is 343 g/mol. The Hall–Kier alpha value is -0.530. The molecule has 108 valence electrons. The van der Waals surface area contributed by atoms with Gasteiger partial charge in [-0.25, -0.2) is 4.99 Å². The molecule has 0 heterocycles. The minimum atomic E-state index is -0.207. The van der Waals surface area contributed by atoms with E-state index >= 15 is 0 Å². The summed E-state index contributed by atoms with van der Waals surface area (Å²) in [6, 6.07) is 0. The fraction of sp³-hybridized carbons (Fsp3) is 0.833. The maximum absolute atomic E-state index is 11.6. The third-order valence-electron chi connectivity index (χ3n) is 1.78. The van der Waals surface area contributed by atoms with Gasteiger partial charge in [-0.15, -0.1) is 24.0 Å². The molecular formula is C12H27IN4O. The number of nitrogens with zero attached hydrogens (tertiary/aromatic N) is 1. The van der Waals surface area contributed by atoms with Crippen molar-refractivity contribution >= 4 is 35.8 Å². The van der Waals surface area contributed by atoms with Gasteiger partial charge in [0, 0.05) is 18.6 Å². The van der Waals surface area contributed by atoms with Gasteiger partial charge in [-0.2, -0.15) is 0 Å². The predicted octanol–water partition coefficient (Wildman–Crippen LogP) is 1.48. The molecule has 0 radical (unpaired) electrons. The van der Waals surface area contributed by atoms with E-state index in [-0.39, 0.29) is 42.0 Å². The standard InChI is InChI=1S/C12H26N4O.HI/c1-6-8-14-11(13-7-2)15-9-10(17)16-12(3,4)5;/h6-9H2,1-5H3,(H,16,17)(H2,13,14,15);1H. The van der Waals surface area contributed by atoms with Crippen LogP contribution in [0.25, 0.3) is 0 Å². The number of rotatable bonds is 5. The molecule has 0 saturated carbocycles. The molecule has 0 bridgehead atoms. The van der Waals surface area contributed by atoms with E-state index in [0.717, 1.165) is 19.5 Å². The highest BCUT2D eigenvalue weighted by Crippen LogP contribution is 1.97. The number of hydrogen-bond acceptors (Lipinski definition) is 2. The van der Waals surface area contributed by atoms with Crippen molar-refractivity contribution < 1.29 is 4.79 Å². The smallest absolute Gasteiger partial charge is 0.242 e. The molecule has 1 amide bonds. The van der Waals surface area contributed by atoms with Crippen LogP contribution in [0.15, 0.2) is 4.99 Å². The minimum Gasteiger partial charge on any atom is -0.357 e. The number of hydrogen-bond donors (Lipinski definition) is 3. The second kappa shape index (κ2) is 10.4. The predicted molar refractivity (Wildman–Crippen MR) is 87.6 cm³/mol. The Labute approximate surface area is 128 Å². The number of halogens is 1. The molecule has 3 N–H and O–H groups in total. The zero-order valence-electron chi connectivity index (χ0n) is 12.1. The van der Waals surface area contributed by atoms with Crippen LogP contribution in [-0.2, 0) is 4.79 Å². The van der Waals surface area contributed by atoms with Gasteiger partial charge in [0.1, 0.15) is 6.54 Å². The van der Waals surface area contributed by atoms with Gasteiger partial charge in [-0.3, -0.25) is 4.79 Å². The first kappa shape index (κ1) is 19.8. The van der Waals surface area contributed by atoms with Gasteiger partial charge in [0.25, 0.3) is 0 Å². The molecule has 0 aromatic rings. The van der Waals surface area contributed by atoms with Gasteiger partial charge in [-0.05, 0) is 34.1 Å². The summed E-state index contributed by atoms with van der Waals surface area (Å²) in [5.41, 5.74) is -0.207. The average Bonchev–Trinajstić information content (AvgIpc) is 2.19. The van der Waals surface area contributed by atoms with Crippen LogP contribution >= 0.6 is 24.0 Å². The summed E-state index contributed by atoms with van der Waals surface area (Å²) >= 11 is 0. The number of guanidine groups is 1. The lowest BCUT2D eigenvalue weighted by molar-refractivity contribution is -0.121. The fourth-order valence-corrected chi connectivity index (χ4v) is 1.19. The number of carbonyl (C=O) groups excluding carboxylic acids is 1. The van der Waals surface area contributed by atoms with Gasteiger partial charge in [0.2, 0.25) is 5.91 Å². The van der Waals surface area contributed by atoms with Crippen LogP contribution in [0.5, 0.6) is 0 Å². The molecule has 0 spiro atoms. The lowest BCUT2D eigenvalue weighted by Crippen LogP contribution is -2.43. The molecule has 0 aromatic carbocycles. The van der Waals surface area contributed by atoms with Crippen LogP contribution in [0, 0.1) is 0 Å². The van der Waals surface area contributed by atoms with Gasteiger partial charge < -0.3 is 16.0 Å². The lowest BCUT2D eigenvalue weighted by Gasteiger charge is -2.20. The van der Waals surface area contributed by atoms with Crippen molar-refractivity contribution in [2.24, 2.45) is 4.99 Å². The Balaban J connectivity index is 0. The maximum Gasteiger partial charge on any atom is 0.242 e. The van der Waals surface area contributed by atoms with E-state index in [0.29, 0.717) is 5.96 Å². The van der Waals surface area contributed by atoms with Gasteiger partial charge >= 0.3 is 0 Å². The largest absolute Gasteiger partial charge is 0.357 e. The second-order valence-corrected chi connectivity index (χ2v) is 4.92. The molecule has 5 nitrogen and oxygen atoms in total. The highest BCUT2D eigenvalue weighted by atomic mass is 127. The zero-order chi connectivity index (χ0) is 13.3. The molecule has 18 heavy (non-hydrogen) atoms. The molecule has 0 unspecified atom stereocenters. The Morgan fingerprint density at radius 1 is 1.17 bits per heavy atom. The topological polar surface area (TPSA) is 65.5 Å². The van der Waals surface area contributed by atoms with E-state index < -0.39 is 0 Å². The third-order valence-corrected chi connectivity index (χ3v) is 1.78. The zero-order valence-corrected chi connectivity index (χ0v) is 14.4. The Morgan fingerprint density at radius 3 is 2.22 bits per heavy atom. The normalized spacial score (nSPS) is 11.5. The summed E-state index contributed by atoms with van der Waals surface area (Å²) in [5.74, 6) is 0.629. The van der Waals surface area contributed by atoms with Gasteiger partial charge in [0.15, 0.2) is 5.96 Å². The molecule has 0 rings (SSSR count). The quantitative estimate of drug-likeness (QED) is 0.390. The Bertz CT molecular complexity index is 261. The monoisotopic (exact) mass is 370 g/mol. The first-order valence-electron chi connectivity index (χ1n) is 6.22. The number of aliphatic imine (C=N–C) groups is 1. The highest BCUT2D eigenvalue weighted by molar-refractivity contribution is 14.0. The van der Waals surface area contributed by atoms with Crippen molar-refractivity contribution in [1.82, 2.24) is 16.0 Å². The van der Waals surface area contributed by atoms with Crippen molar-refractivity contribution in [3.05, 3.63) is 0 Å². The average molecular weight is 370 g/mol. The number of nitrogens with one attached hydrogen (secondary N) is 3. The van der Waals surface area contributed by atoms with Crippen LogP contribution in [0.1, 0.15) is 41.0 Å². The minimum absolute atomic E-state index is 0. The Morgan fingerprint density at radius 2 is 1.78 bits per heavy atom. The summed E-state index contributed by atoms with van der Waals surface area (Å²) < 4.78 is 0. The van der Waals surface area contributed by atoms with Crippen molar-refractivity contribution in [2.45, 2.75) is 46.6 Å². The summed E-state index contributed by atoms with van der Waals surface area (Å²) in [6.07, 6.45) is 1.03. The first-order chi connectivity index (χ1) is 7.89. The van der Waals surface area contributed by atoms with E-state index in [2.05, 4.69) is 27.9 Å². The van der Waals surface area contributed by atoms with Crippen LogP contribution in [0.4, 0.5) is 0 Å². The summed E-state index contributed by atoms with van der Waals surface area (Å²) in [7, 11) is 0. The molecule has 0 aromatic heterocycles.